The van der Waals surface area contributed by atoms with E-state index in [9.17, 15) is 0 Å². The third kappa shape index (κ3) is 1.28. The highest BCUT2D eigenvalue weighted by atomic mass is 14.4. The second-order valence-corrected chi connectivity index (χ2v) is 6.19. The summed E-state index contributed by atoms with van der Waals surface area (Å²) in [6.45, 7) is 9.57. The molecule has 0 N–H and O–H groups in total. The third-order valence-electron chi connectivity index (χ3n) is 5.17. The normalized spacial score (nSPS) is 36.2. The molecule has 0 saturated heterocycles. The molecule has 0 heterocycles. The molecule has 1 aromatic carbocycles. The summed E-state index contributed by atoms with van der Waals surface area (Å²) in [6, 6.07) is 5.05. The fourth-order valence-electron chi connectivity index (χ4n) is 3.59. The van der Waals surface area contributed by atoms with Crippen molar-refractivity contribution >= 4 is 0 Å². The number of fused-ring (bicyclic) bond motifs is 2. The molecule has 0 spiro atoms. The Morgan fingerprint density at radius 3 is 1.50 bits per heavy atom. The predicted octanol–water partition coefficient (Wildman–Crippen LogP) is 4.28. The summed E-state index contributed by atoms with van der Waals surface area (Å²) in [7, 11) is 0. The van der Waals surface area contributed by atoms with E-state index in [1.807, 2.05) is 0 Å². The Labute approximate surface area is 99.1 Å². The van der Waals surface area contributed by atoms with Crippen LogP contribution in [0.3, 0.4) is 0 Å². The van der Waals surface area contributed by atoms with Gasteiger partial charge in [0, 0.05) is 0 Å². The molecular formula is C16H22. The molecule has 2 aliphatic rings. The van der Waals surface area contributed by atoms with Crippen molar-refractivity contribution < 1.29 is 0 Å². The van der Waals surface area contributed by atoms with Crippen LogP contribution >= 0.6 is 0 Å². The molecule has 86 valence electrons. The molecule has 0 amide bonds. The van der Waals surface area contributed by atoms with E-state index in [4.69, 9.17) is 0 Å². The Morgan fingerprint density at radius 2 is 1.12 bits per heavy atom. The van der Waals surface area contributed by atoms with Crippen LogP contribution in [0.1, 0.15) is 61.8 Å². The van der Waals surface area contributed by atoms with E-state index >= 15 is 0 Å². The fourth-order valence-corrected chi connectivity index (χ4v) is 3.59. The van der Waals surface area contributed by atoms with E-state index in [2.05, 4.69) is 39.8 Å². The second kappa shape index (κ2) is 3.35. The molecule has 0 radical (unpaired) electrons. The molecule has 2 aliphatic carbocycles. The highest BCUT2D eigenvalue weighted by molar-refractivity contribution is 5.47. The van der Waals surface area contributed by atoms with Gasteiger partial charge in [0.15, 0.2) is 0 Å². The largest absolute Gasteiger partial charge is 0.0616 e. The number of hydrogen-bond acceptors (Lipinski definition) is 0. The van der Waals surface area contributed by atoms with Gasteiger partial charge in [-0.25, -0.2) is 0 Å². The minimum Gasteiger partial charge on any atom is -0.0616 e. The van der Waals surface area contributed by atoms with Crippen molar-refractivity contribution in [2.45, 2.75) is 52.4 Å². The predicted molar refractivity (Wildman–Crippen MR) is 69.0 cm³/mol. The van der Waals surface area contributed by atoms with Crippen molar-refractivity contribution in [1.29, 1.82) is 0 Å². The molecule has 16 heavy (non-hydrogen) atoms. The minimum absolute atomic E-state index is 0.770. The van der Waals surface area contributed by atoms with Gasteiger partial charge in [-0.1, -0.05) is 39.8 Å². The van der Waals surface area contributed by atoms with Gasteiger partial charge in [-0.3, -0.25) is 0 Å². The van der Waals surface area contributed by atoms with E-state index in [1.54, 1.807) is 22.3 Å². The highest BCUT2D eigenvalue weighted by Crippen LogP contribution is 2.44. The lowest BCUT2D eigenvalue weighted by atomic mass is 9.93. The smallest absolute Gasteiger partial charge is 0.0159 e. The van der Waals surface area contributed by atoms with Gasteiger partial charge in [0.2, 0.25) is 0 Å². The Balaban J connectivity index is 2.10. The first kappa shape index (κ1) is 10.4. The van der Waals surface area contributed by atoms with Crippen molar-refractivity contribution in [2.75, 3.05) is 0 Å². The van der Waals surface area contributed by atoms with Gasteiger partial charge in [0.1, 0.15) is 0 Å². The molecule has 0 heteroatoms. The topological polar surface area (TPSA) is 0 Å². The van der Waals surface area contributed by atoms with Crippen molar-refractivity contribution in [1.82, 2.24) is 0 Å². The van der Waals surface area contributed by atoms with Crippen molar-refractivity contribution in [3.8, 4) is 0 Å². The van der Waals surface area contributed by atoms with Crippen LogP contribution in [0.2, 0.25) is 0 Å². The monoisotopic (exact) mass is 214 g/mol. The number of hydrogen-bond donors (Lipinski definition) is 0. The number of benzene rings is 1. The molecule has 1 aromatic rings. The lowest BCUT2D eigenvalue weighted by Gasteiger charge is -2.12. The van der Waals surface area contributed by atoms with E-state index < -0.39 is 0 Å². The average molecular weight is 214 g/mol. The zero-order valence-corrected chi connectivity index (χ0v) is 10.9. The van der Waals surface area contributed by atoms with Crippen LogP contribution in [0.25, 0.3) is 0 Å². The summed E-state index contributed by atoms with van der Waals surface area (Å²) in [5.74, 6) is 3.22. The van der Waals surface area contributed by atoms with Gasteiger partial charge in [-0.05, 0) is 58.8 Å². The zero-order chi connectivity index (χ0) is 11.4. The van der Waals surface area contributed by atoms with E-state index in [0.29, 0.717) is 0 Å². The van der Waals surface area contributed by atoms with Crippen molar-refractivity contribution in [3.05, 3.63) is 34.4 Å². The van der Waals surface area contributed by atoms with Crippen LogP contribution < -0.4 is 0 Å². The van der Waals surface area contributed by atoms with Gasteiger partial charge in [-0.15, -0.1) is 0 Å². The van der Waals surface area contributed by atoms with Gasteiger partial charge in [-0.2, -0.15) is 0 Å². The molecule has 0 unspecified atom stereocenters. The van der Waals surface area contributed by atoms with Gasteiger partial charge in [0.25, 0.3) is 0 Å². The van der Waals surface area contributed by atoms with E-state index in [-0.39, 0.29) is 0 Å². The molecule has 3 rings (SSSR count). The average Bonchev–Trinajstić information content (AvgIpc) is 2.67. The third-order valence-corrected chi connectivity index (χ3v) is 5.17. The highest BCUT2D eigenvalue weighted by Gasteiger charge is 2.31. The molecule has 0 nitrogen and oxygen atoms in total. The molecule has 0 fully saturated rings. The van der Waals surface area contributed by atoms with Crippen molar-refractivity contribution in [3.63, 3.8) is 0 Å². The summed E-state index contributed by atoms with van der Waals surface area (Å²) in [6.07, 6.45) is 2.59. The number of rotatable bonds is 0. The van der Waals surface area contributed by atoms with Crippen LogP contribution in [-0.4, -0.2) is 0 Å². The SMILES string of the molecule is C[C@@H]1Cc2cc3c(cc2[C@@H]1C)C[C@@H](C)[C@H]3C. The zero-order valence-electron chi connectivity index (χ0n) is 10.9. The van der Waals surface area contributed by atoms with Gasteiger partial charge in [0.05, 0.1) is 0 Å². The first-order valence-corrected chi connectivity index (χ1v) is 6.73. The Morgan fingerprint density at radius 1 is 0.750 bits per heavy atom. The Hall–Kier alpha value is -0.780. The lowest BCUT2D eigenvalue weighted by molar-refractivity contribution is 0.525. The fraction of sp³-hybridized carbons (Fsp3) is 0.625. The van der Waals surface area contributed by atoms with E-state index in [0.717, 1.165) is 23.7 Å². The summed E-state index contributed by atoms with van der Waals surface area (Å²) in [4.78, 5) is 0. The Bertz CT molecular complexity index is 388. The minimum atomic E-state index is 0.770. The van der Waals surface area contributed by atoms with Crippen LogP contribution in [0, 0.1) is 11.8 Å². The molecule has 0 saturated carbocycles. The molecular weight excluding hydrogens is 192 g/mol. The van der Waals surface area contributed by atoms with Gasteiger partial charge < -0.3 is 0 Å². The maximum absolute atomic E-state index is 2.53. The molecule has 0 aliphatic heterocycles. The van der Waals surface area contributed by atoms with Crippen LogP contribution in [0.4, 0.5) is 0 Å². The quantitative estimate of drug-likeness (QED) is 0.604. The first-order chi connectivity index (χ1) is 7.58. The van der Waals surface area contributed by atoms with Gasteiger partial charge >= 0.3 is 0 Å². The maximum Gasteiger partial charge on any atom is -0.0159 e. The standard InChI is InChI=1S/C16H22/c1-9-5-13-7-16-12(4)10(2)6-14(16)8-15(13)11(9)3/h7-12H,5-6H2,1-4H3/t9-,10-,11-,12-/m1/s1. The van der Waals surface area contributed by atoms with Crippen LogP contribution in [0.5, 0.6) is 0 Å². The summed E-state index contributed by atoms with van der Waals surface area (Å²) >= 11 is 0. The summed E-state index contributed by atoms with van der Waals surface area (Å²) in [5, 5.41) is 0. The summed E-state index contributed by atoms with van der Waals surface area (Å²) < 4.78 is 0. The summed E-state index contributed by atoms with van der Waals surface area (Å²) in [5.41, 5.74) is 6.57. The van der Waals surface area contributed by atoms with Crippen LogP contribution in [0.15, 0.2) is 12.1 Å². The molecule has 0 aromatic heterocycles. The maximum atomic E-state index is 2.53. The first-order valence-electron chi connectivity index (χ1n) is 6.73. The lowest BCUT2D eigenvalue weighted by Crippen LogP contribution is -1.98. The van der Waals surface area contributed by atoms with Crippen molar-refractivity contribution in [2.24, 2.45) is 11.8 Å². The molecule has 4 atom stereocenters. The second-order valence-electron chi connectivity index (χ2n) is 6.19. The Kier molecular flexibility index (Phi) is 2.18. The molecule has 0 bridgehead atoms. The van der Waals surface area contributed by atoms with Crippen LogP contribution in [-0.2, 0) is 12.8 Å². The van der Waals surface area contributed by atoms with E-state index in [1.165, 1.54) is 12.8 Å².